The molecule has 0 fully saturated rings. The lowest BCUT2D eigenvalue weighted by Crippen LogP contribution is -2.17. The van der Waals surface area contributed by atoms with E-state index in [1.54, 1.807) is 6.92 Å². The van der Waals surface area contributed by atoms with Crippen molar-refractivity contribution < 1.29 is 5.11 Å². The molecular formula is C14H23N5O. The SMILES string of the molecule is CCn1nc(C)c2nc(C(C)C)nc(NC[C@H](C)O)c21. The average molecular weight is 277 g/mol. The number of nitrogens with one attached hydrogen (secondary N) is 1. The lowest BCUT2D eigenvalue weighted by Gasteiger charge is -2.12. The van der Waals surface area contributed by atoms with Crippen LogP contribution in [0.3, 0.4) is 0 Å². The molecule has 2 aromatic rings. The summed E-state index contributed by atoms with van der Waals surface area (Å²) in [5, 5.41) is 17.2. The number of hydrogen-bond acceptors (Lipinski definition) is 5. The zero-order valence-corrected chi connectivity index (χ0v) is 12.8. The van der Waals surface area contributed by atoms with E-state index in [-0.39, 0.29) is 5.92 Å². The van der Waals surface area contributed by atoms with Gasteiger partial charge in [0.05, 0.1) is 11.8 Å². The van der Waals surface area contributed by atoms with E-state index < -0.39 is 6.10 Å². The number of aromatic nitrogens is 4. The van der Waals surface area contributed by atoms with Gasteiger partial charge in [0.2, 0.25) is 0 Å². The molecule has 20 heavy (non-hydrogen) atoms. The topological polar surface area (TPSA) is 75.9 Å². The summed E-state index contributed by atoms with van der Waals surface area (Å²) in [4.78, 5) is 9.23. The van der Waals surface area contributed by atoms with Gasteiger partial charge < -0.3 is 10.4 Å². The lowest BCUT2D eigenvalue weighted by atomic mass is 10.2. The van der Waals surface area contributed by atoms with Crippen molar-refractivity contribution in [2.45, 2.75) is 53.2 Å². The Labute approximate surface area is 119 Å². The van der Waals surface area contributed by atoms with Crippen LogP contribution in [0.5, 0.6) is 0 Å². The van der Waals surface area contributed by atoms with E-state index in [4.69, 9.17) is 0 Å². The first-order valence-corrected chi connectivity index (χ1v) is 7.11. The monoisotopic (exact) mass is 277 g/mol. The minimum atomic E-state index is -0.429. The van der Waals surface area contributed by atoms with E-state index in [1.807, 2.05) is 18.5 Å². The predicted molar refractivity (Wildman–Crippen MR) is 80.0 cm³/mol. The highest BCUT2D eigenvalue weighted by molar-refractivity contribution is 5.87. The van der Waals surface area contributed by atoms with Crippen LogP contribution < -0.4 is 5.32 Å². The molecule has 2 heterocycles. The number of aryl methyl sites for hydroxylation is 2. The second-order valence-electron chi connectivity index (χ2n) is 5.41. The van der Waals surface area contributed by atoms with E-state index in [9.17, 15) is 5.11 Å². The number of nitrogens with zero attached hydrogens (tertiary/aromatic N) is 4. The smallest absolute Gasteiger partial charge is 0.156 e. The number of hydrogen-bond donors (Lipinski definition) is 2. The zero-order chi connectivity index (χ0) is 14.9. The first-order valence-electron chi connectivity index (χ1n) is 7.11. The van der Waals surface area contributed by atoms with Crippen LogP contribution in [-0.4, -0.2) is 37.5 Å². The zero-order valence-electron chi connectivity index (χ0n) is 12.8. The molecule has 2 rings (SSSR count). The molecule has 0 aliphatic rings. The molecule has 0 unspecified atom stereocenters. The van der Waals surface area contributed by atoms with Crippen molar-refractivity contribution in [1.29, 1.82) is 0 Å². The Kier molecular flexibility index (Phi) is 4.23. The Bertz CT molecular complexity index is 603. The molecule has 2 N–H and O–H groups in total. The maximum absolute atomic E-state index is 9.47. The van der Waals surface area contributed by atoms with Gasteiger partial charge in [-0.1, -0.05) is 13.8 Å². The fourth-order valence-electron chi connectivity index (χ4n) is 2.10. The van der Waals surface area contributed by atoms with Crippen molar-refractivity contribution in [3.8, 4) is 0 Å². The quantitative estimate of drug-likeness (QED) is 0.875. The molecule has 0 saturated carbocycles. The molecule has 0 aromatic carbocycles. The maximum atomic E-state index is 9.47. The maximum Gasteiger partial charge on any atom is 0.156 e. The van der Waals surface area contributed by atoms with E-state index in [0.717, 1.165) is 34.9 Å². The summed E-state index contributed by atoms with van der Waals surface area (Å²) in [6, 6.07) is 0. The Balaban J connectivity index is 2.60. The fourth-order valence-corrected chi connectivity index (χ4v) is 2.10. The third-order valence-corrected chi connectivity index (χ3v) is 3.15. The Morgan fingerprint density at radius 1 is 1.25 bits per heavy atom. The summed E-state index contributed by atoms with van der Waals surface area (Å²) >= 11 is 0. The van der Waals surface area contributed by atoms with Crippen molar-refractivity contribution in [3.63, 3.8) is 0 Å². The molecule has 0 spiro atoms. The van der Waals surface area contributed by atoms with Crippen LogP contribution in [0.25, 0.3) is 11.0 Å². The van der Waals surface area contributed by atoms with Gasteiger partial charge in [-0.05, 0) is 20.8 Å². The fraction of sp³-hybridized carbons (Fsp3) is 0.643. The van der Waals surface area contributed by atoms with Crippen molar-refractivity contribution >= 4 is 16.9 Å². The van der Waals surface area contributed by atoms with Crippen LogP contribution in [0.2, 0.25) is 0 Å². The molecule has 0 amide bonds. The second-order valence-corrected chi connectivity index (χ2v) is 5.41. The number of anilines is 1. The van der Waals surface area contributed by atoms with Gasteiger partial charge in [0, 0.05) is 19.0 Å². The highest BCUT2D eigenvalue weighted by Crippen LogP contribution is 2.25. The predicted octanol–water partition coefficient (Wildman–Crippen LogP) is 2.07. The molecule has 0 aliphatic heterocycles. The molecule has 0 saturated heterocycles. The number of fused-ring (bicyclic) bond motifs is 1. The molecule has 6 nitrogen and oxygen atoms in total. The average Bonchev–Trinajstić information content (AvgIpc) is 2.72. The van der Waals surface area contributed by atoms with Crippen molar-refractivity contribution in [1.82, 2.24) is 19.7 Å². The lowest BCUT2D eigenvalue weighted by molar-refractivity contribution is 0.208. The van der Waals surface area contributed by atoms with E-state index in [1.165, 1.54) is 0 Å². The van der Waals surface area contributed by atoms with Gasteiger partial charge in [0.15, 0.2) is 5.82 Å². The van der Waals surface area contributed by atoms with E-state index in [2.05, 4.69) is 34.2 Å². The van der Waals surface area contributed by atoms with Gasteiger partial charge >= 0.3 is 0 Å². The van der Waals surface area contributed by atoms with Crippen molar-refractivity contribution in [2.75, 3.05) is 11.9 Å². The van der Waals surface area contributed by atoms with Gasteiger partial charge in [0.1, 0.15) is 16.9 Å². The second kappa shape index (κ2) is 5.75. The third kappa shape index (κ3) is 2.75. The first-order chi connectivity index (χ1) is 9.43. The largest absolute Gasteiger partial charge is 0.392 e. The number of aliphatic hydroxyl groups excluding tert-OH is 1. The highest BCUT2D eigenvalue weighted by atomic mass is 16.3. The number of rotatable bonds is 5. The summed E-state index contributed by atoms with van der Waals surface area (Å²) < 4.78 is 1.90. The molecule has 0 bridgehead atoms. The van der Waals surface area contributed by atoms with E-state index >= 15 is 0 Å². The standard InChI is InChI=1S/C14H23N5O/c1-6-19-12-11(10(5)18-19)16-13(8(2)3)17-14(12)15-7-9(4)20/h8-9,20H,6-7H2,1-5H3,(H,15,16,17)/t9-/m0/s1. The minimum Gasteiger partial charge on any atom is -0.392 e. The molecule has 110 valence electrons. The van der Waals surface area contributed by atoms with Crippen LogP contribution in [0.1, 0.15) is 45.1 Å². The van der Waals surface area contributed by atoms with Gasteiger partial charge in [-0.3, -0.25) is 4.68 Å². The van der Waals surface area contributed by atoms with Crippen molar-refractivity contribution in [2.24, 2.45) is 0 Å². The molecule has 1 atom stereocenters. The summed E-state index contributed by atoms with van der Waals surface area (Å²) in [6.45, 7) is 11.1. The van der Waals surface area contributed by atoms with Crippen LogP contribution in [0.15, 0.2) is 0 Å². The highest BCUT2D eigenvalue weighted by Gasteiger charge is 2.17. The molecule has 6 heteroatoms. The molecule has 0 radical (unpaired) electrons. The summed E-state index contributed by atoms with van der Waals surface area (Å²) in [6.07, 6.45) is -0.429. The van der Waals surface area contributed by atoms with Crippen LogP contribution >= 0.6 is 0 Å². The normalized spacial score (nSPS) is 13.2. The van der Waals surface area contributed by atoms with Crippen LogP contribution in [-0.2, 0) is 6.54 Å². The summed E-state index contributed by atoms with van der Waals surface area (Å²) in [5.74, 6) is 1.79. The van der Waals surface area contributed by atoms with Crippen molar-refractivity contribution in [3.05, 3.63) is 11.5 Å². The summed E-state index contributed by atoms with van der Waals surface area (Å²) in [5.41, 5.74) is 2.71. The summed E-state index contributed by atoms with van der Waals surface area (Å²) in [7, 11) is 0. The Morgan fingerprint density at radius 2 is 1.95 bits per heavy atom. The number of aliphatic hydroxyl groups is 1. The van der Waals surface area contributed by atoms with E-state index in [0.29, 0.717) is 6.54 Å². The third-order valence-electron chi connectivity index (χ3n) is 3.15. The Morgan fingerprint density at radius 3 is 2.50 bits per heavy atom. The van der Waals surface area contributed by atoms with Crippen LogP contribution in [0.4, 0.5) is 5.82 Å². The Hall–Kier alpha value is -1.69. The van der Waals surface area contributed by atoms with Gasteiger partial charge in [0.25, 0.3) is 0 Å². The van der Waals surface area contributed by atoms with Gasteiger partial charge in [-0.15, -0.1) is 0 Å². The first kappa shape index (κ1) is 14.7. The van der Waals surface area contributed by atoms with Gasteiger partial charge in [-0.25, -0.2) is 9.97 Å². The van der Waals surface area contributed by atoms with Gasteiger partial charge in [-0.2, -0.15) is 5.10 Å². The van der Waals surface area contributed by atoms with Crippen LogP contribution in [0, 0.1) is 6.92 Å². The minimum absolute atomic E-state index is 0.246. The molecule has 0 aliphatic carbocycles. The molecular weight excluding hydrogens is 254 g/mol. The molecule has 2 aromatic heterocycles.